The number of hydrogen-bond acceptors (Lipinski definition) is 4. The van der Waals surface area contributed by atoms with Gasteiger partial charge in [0.2, 0.25) is 0 Å². The van der Waals surface area contributed by atoms with Crippen LogP contribution < -0.4 is 11.1 Å². The molecule has 4 heteroatoms. The highest BCUT2D eigenvalue weighted by Crippen LogP contribution is 2.24. The molecule has 1 aromatic heterocycles. The van der Waals surface area contributed by atoms with Crippen LogP contribution in [0.3, 0.4) is 0 Å². The van der Waals surface area contributed by atoms with E-state index in [9.17, 15) is 0 Å². The molecule has 0 aliphatic rings. The lowest BCUT2D eigenvalue weighted by molar-refractivity contribution is 0.0684. The van der Waals surface area contributed by atoms with E-state index in [0.29, 0.717) is 5.82 Å². The van der Waals surface area contributed by atoms with Crippen molar-refractivity contribution < 1.29 is 4.74 Å². The molecule has 3 N–H and O–H groups in total. The van der Waals surface area contributed by atoms with Gasteiger partial charge in [-0.05, 0) is 30.2 Å². The van der Waals surface area contributed by atoms with Gasteiger partial charge in [-0.1, -0.05) is 43.3 Å². The first-order valence-electron chi connectivity index (χ1n) is 7.26. The van der Waals surface area contributed by atoms with Gasteiger partial charge in [0.25, 0.3) is 0 Å². The molecule has 0 saturated carbocycles. The minimum Gasteiger partial charge on any atom is -0.383 e. The molecule has 2 rings (SSSR count). The number of nitrogen functional groups attached to an aromatic ring is 1. The Bertz CT molecular complexity index is 545. The molecule has 0 radical (unpaired) electrons. The van der Waals surface area contributed by atoms with Crippen LogP contribution in [-0.4, -0.2) is 24.7 Å². The number of anilines is 1. The summed E-state index contributed by atoms with van der Waals surface area (Å²) < 4.78 is 5.74. The number of ether oxygens (including phenoxy) is 1. The third kappa shape index (κ3) is 4.03. The lowest BCUT2D eigenvalue weighted by Crippen LogP contribution is -2.37. The van der Waals surface area contributed by atoms with Crippen molar-refractivity contribution in [2.75, 3.05) is 19.4 Å². The molecule has 0 spiro atoms. The van der Waals surface area contributed by atoms with E-state index in [-0.39, 0.29) is 12.1 Å². The molecule has 1 aromatic carbocycles. The third-order valence-electron chi connectivity index (χ3n) is 3.58. The second-order valence-electron chi connectivity index (χ2n) is 4.98. The summed E-state index contributed by atoms with van der Waals surface area (Å²) in [6, 6.07) is 14.3. The van der Waals surface area contributed by atoms with Gasteiger partial charge in [-0.25, -0.2) is 4.98 Å². The van der Waals surface area contributed by atoms with E-state index in [0.717, 1.165) is 24.1 Å². The summed E-state index contributed by atoms with van der Waals surface area (Å²) in [7, 11) is 1.74. The number of aromatic nitrogens is 1. The van der Waals surface area contributed by atoms with Crippen LogP contribution in [0.1, 0.15) is 24.2 Å². The zero-order chi connectivity index (χ0) is 15.1. The predicted molar refractivity (Wildman–Crippen MR) is 86.0 cm³/mol. The van der Waals surface area contributed by atoms with Crippen LogP contribution >= 0.6 is 0 Å². The fourth-order valence-corrected chi connectivity index (χ4v) is 2.58. The quantitative estimate of drug-likeness (QED) is 0.821. The number of pyridine rings is 1. The zero-order valence-corrected chi connectivity index (χ0v) is 12.6. The number of methoxy groups -OCH3 is 1. The van der Waals surface area contributed by atoms with Gasteiger partial charge in [-0.2, -0.15) is 0 Å². The average molecular weight is 285 g/mol. The van der Waals surface area contributed by atoms with Crippen molar-refractivity contribution in [2.45, 2.75) is 25.5 Å². The van der Waals surface area contributed by atoms with E-state index >= 15 is 0 Å². The summed E-state index contributed by atoms with van der Waals surface area (Å²) in [5, 5.41) is 3.50. The fraction of sp³-hybridized carbons (Fsp3) is 0.353. The van der Waals surface area contributed by atoms with Gasteiger partial charge in [0.05, 0.1) is 6.10 Å². The van der Waals surface area contributed by atoms with E-state index in [2.05, 4.69) is 29.4 Å². The summed E-state index contributed by atoms with van der Waals surface area (Å²) >= 11 is 0. The molecule has 1 heterocycles. The maximum absolute atomic E-state index is 5.97. The van der Waals surface area contributed by atoms with Crippen molar-refractivity contribution in [1.82, 2.24) is 10.3 Å². The van der Waals surface area contributed by atoms with Gasteiger partial charge < -0.3 is 15.8 Å². The van der Waals surface area contributed by atoms with Crippen LogP contribution in [0, 0.1) is 0 Å². The second-order valence-corrected chi connectivity index (χ2v) is 4.98. The molecule has 0 saturated heterocycles. The molecule has 0 fully saturated rings. The Labute approximate surface area is 126 Å². The number of rotatable bonds is 7. The second kappa shape index (κ2) is 7.76. The van der Waals surface area contributed by atoms with Crippen molar-refractivity contribution in [3.63, 3.8) is 0 Å². The smallest absolute Gasteiger partial charge is 0.126 e. The maximum atomic E-state index is 5.97. The number of nitrogens with two attached hydrogens (primary N) is 1. The molecule has 112 valence electrons. The largest absolute Gasteiger partial charge is 0.383 e. The minimum absolute atomic E-state index is 0.0224. The third-order valence-corrected chi connectivity index (χ3v) is 3.58. The number of likely N-dealkylation sites (N-methyl/N-ethyl adjacent to an activating group) is 1. The van der Waals surface area contributed by atoms with Crippen molar-refractivity contribution in [3.05, 3.63) is 59.8 Å². The molecular formula is C17H23N3O. The Morgan fingerprint density at radius 2 is 1.95 bits per heavy atom. The van der Waals surface area contributed by atoms with Crippen molar-refractivity contribution in [3.8, 4) is 0 Å². The van der Waals surface area contributed by atoms with Gasteiger partial charge in [0, 0.05) is 19.3 Å². The van der Waals surface area contributed by atoms with Crippen LogP contribution in [0.2, 0.25) is 0 Å². The first-order valence-corrected chi connectivity index (χ1v) is 7.26. The first-order chi connectivity index (χ1) is 10.3. The topological polar surface area (TPSA) is 60.2 Å². The molecule has 4 nitrogen and oxygen atoms in total. The number of hydrogen-bond donors (Lipinski definition) is 2. The average Bonchev–Trinajstić information content (AvgIpc) is 2.51. The lowest BCUT2D eigenvalue weighted by Gasteiger charge is -2.27. The highest BCUT2D eigenvalue weighted by molar-refractivity contribution is 5.39. The summed E-state index contributed by atoms with van der Waals surface area (Å²) in [6.45, 7) is 2.97. The number of nitrogens with one attached hydrogen (secondary N) is 1. The summed E-state index contributed by atoms with van der Waals surface area (Å²) in [5.74, 6) is 0.586. The van der Waals surface area contributed by atoms with Gasteiger partial charge in [-0.3, -0.25) is 0 Å². The van der Waals surface area contributed by atoms with Crippen molar-refractivity contribution in [2.24, 2.45) is 0 Å². The lowest BCUT2D eigenvalue weighted by atomic mass is 9.96. The fourth-order valence-electron chi connectivity index (χ4n) is 2.58. The van der Waals surface area contributed by atoms with Gasteiger partial charge in [0.15, 0.2) is 0 Å². The van der Waals surface area contributed by atoms with Gasteiger partial charge in [0.1, 0.15) is 5.82 Å². The number of benzene rings is 1. The molecule has 2 aromatic rings. The normalized spacial score (nSPS) is 13.8. The molecule has 0 aliphatic heterocycles. The van der Waals surface area contributed by atoms with Crippen LogP contribution in [0.4, 0.5) is 5.82 Å². The SMILES string of the molecule is CCNC(Cc1cccnc1N)C(OC)c1ccccc1. The van der Waals surface area contributed by atoms with Crippen molar-refractivity contribution in [1.29, 1.82) is 0 Å². The Morgan fingerprint density at radius 3 is 2.57 bits per heavy atom. The van der Waals surface area contributed by atoms with E-state index in [1.807, 2.05) is 30.3 Å². The maximum Gasteiger partial charge on any atom is 0.126 e. The highest BCUT2D eigenvalue weighted by atomic mass is 16.5. The minimum atomic E-state index is -0.0224. The van der Waals surface area contributed by atoms with E-state index in [1.54, 1.807) is 13.3 Å². The Balaban J connectivity index is 2.23. The van der Waals surface area contributed by atoms with Crippen LogP contribution in [0.15, 0.2) is 48.7 Å². The summed E-state index contributed by atoms with van der Waals surface area (Å²) in [5.41, 5.74) is 8.17. The van der Waals surface area contributed by atoms with Crippen LogP contribution in [0.5, 0.6) is 0 Å². The molecule has 2 unspecified atom stereocenters. The highest BCUT2D eigenvalue weighted by Gasteiger charge is 2.23. The standard InChI is InChI=1S/C17H23N3O/c1-3-19-15(12-14-10-7-11-20-17(14)18)16(21-2)13-8-5-4-6-9-13/h4-11,15-16,19H,3,12H2,1-2H3,(H2,18,20). The number of nitrogens with zero attached hydrogens (tertiary/aromatic N) is 1. The molecular weight excluding hydrogens is 262 g/mol. The summed E-state index contributed by atoms with van der Waals surface area (Å²) in [4.78, 5) is 4.16. The van der Waals surface area contributed by atoms with E-state index in [1.165, 1.54) is 0 Å². The molecule has 2 atom stereocenters. The molecule has 0 aliphatic carbocycles. The summed E-state index contributed by atoms with van der Waals surface area (Å²) in [6.07, 6.45) is 2.47. The van der Waals surface area contributed by atoms with Crippen LogP contribution in [0.25, 0.3) is 0 Å². The van der Waals surface area contributed by atoms with E-state index in [4.69, 9.17) is 10.5 Å². The zero-order valence-electron chi connectivity index (χ0n) is 12.6. The molecule has 21 heavy (non-hydrogen) atoms. The van der Waals surface area contributed by atoms with Gasteiger partial charge >= 0.3 is 0 Å². The first kappa shape index (κ1) is 15.5. The van der Waals surface area contributed by atoms with Crippen molar-refractivity contribution >= 4 is 5.82 Å². The predicted octanol–water partition coefficient (Wildman–Crippen LogP) is 2.57. The Hall–Kier alpha value is -1.91. The molecule has 0 bridgehead atoms. The van der Waals surface area contributed by atoms with E-state index < -0.39 is 0 Å². The molecule has 0 amide bonds. The Kier molecular flexibility index (Phi) is 5.72. The Morgan fingerprint density at radius 1 is 1.19 bits per heavy atom. The monoisotopic (exact) mass is 285 g/mol. The van der Waals surface area contributed by atoms with Gasteiger partial charge in [-0.15, -0.1) is 0 Å². The van der Waals surface area contributed by atoms with Crippen LogP contribution in [-0.2, 0) is 11.2 Å².